The van der Waals surface area contributed by atoms with Crippen molar-refractivity contribution in [3.63, 3.8) is 0 Å². The molecule has 2 aromatic heterocycles. The molecule has 29 heavy (non-hydrogen) atoms. The zero-order valence-electron chi connectivity index (χ0n) is 15.5. The Morgan fingerprint density at radius 1 is 1.17 bits per heavy atom. The Hall–Kier alpha value is -2.67. The number of nitrogens with zero attached hydrogens (tertiary/aromatic N) is 3. The van der Waals surface area contributed by atoms with Gasteiger partial charge in [0.2, 0.25) is 5.78 Å². The van der Waals surface area contributed by atoms with E-state index in [0.717, 1.165) is 24.5 Å². The molecule has 0 radical (unpaired) electrons. The molecule has 1 atom stereocenters. The predicted octanol–water partition coefficient (Wildman–Crippen LogP) is 4.49. The summed E-state index contributed by atoms with van der Waals surface area (Å²) < 4.78 is 0. The lowest BCUT2D eigenvalue weighted by Gasteiger charge is -2.35. The molecule has 1 saturated heterocycles. The monoisotopic (exact) mass is 433 g/mol. The fourth-order valence-corrected chi connectivity index (χ4v) is 3.69. The highest BCUT2D eigenvalue weighted by Crippen LogP contribution is 2.28. The van der Waals surface area contributed by atoms with Crippen LogP contribution in [0.3, 0.4) is 0 Å². The molecule has 3 heterocycles. The lowest BCUT2D eigenvalue weighted by molar-refractivity contribution is 0.103. The summed E-state index contributed by atoms with van der Waals surface area (Å²) in [5.74, 6) is 0.699. The molecule has 3 N–H and O–H groups in total. The van der Waals surface area contributed by atoms with Crippen LogP contribution >= 0.6 is 23.2 Å². The van der Waals surface area contributed by atoms with E-state index in [1.54, 1.807) is 30.5 Å². The summed E-state index contributed by atoms with van der Waals surface area (Å²) in [5.41, 5.74) is 7.59. The standard InChI is InChI=1S/C21H19Cl2N5O.3H2/c22-15-7-6-13(11-16(15)23)18-12-28(10-9-25-18)19-5-1-4-17(27-19)20(29)14-3-2-8-26-21(14)24;;;/h1-8,11,18,25H,9-10,12H2,(H2,24,26);3*1H. The van der Waals surface area contributed by atoms with E-state index < -0.39 is 0 Å². The number of pyridine rings is 2. The molecular formula is C21H25Cl2N5O. The SMILES string of the molecule is Nc1ncccc1C(=O)c1cccc(N2CCNC(c3ccc(Cl)c(Cl)c3)C2)n1.[HH].[HH].[HH]. The van der Waals surface area contributed by atoms with E-state index in [-0.39, 0.29) is 21.9 Å². The number of nitrogens with two attached hydrogens (primary N) is 1. The number of anilines is 2. The molecule has 0 amide bonds. The largest absolute Gasteiger partial charge is 0.383 e. The van der Waals surface area contributed by atoms with Crippen LogP contribution in [0.25, 0.3) is 0 Å². The fraction of sp³-hybridized carbons (Fsp3) is 0.190. The van der Waals surface area contributed by atoms with E-state index in [4.69, 9.17) is 28.9 Å². The van der Waals surface area contributed by atoms with Gasteiger partial charge in [-0.3, -0.25) is 4.79 Å². The molecule has 8 heteroatoms. The number of aromatic nitrogens is 2. The Morgan fingerprint density at radius 3 is 2.83 bits per heavy atom. The highest BCUT2D eigenvalue weighted by Gasteiger charge is 2.23. The van der Waals surface area contributed by atoms with Crippen LogP contribution < -0.4 is 16.0 Å². The first-order chi connectivity index (χ1) is 14.0. The highest BCUT2D eigenvalue weighted by atomic mass is 35.5. The second-order valence-corrected chi connectivity index (χ2v) is 7.59. The van der Waals surface area contributed by atoms with Crippen molar-refractivity contribution in [3.05, 3.63) is 81.6 Å². The minimum atomic E-state index is -0.242. The lowest BCUT2D eigenvalue weighted by atomic mass is 10.0. The zero-order valence-corrected chi connectivity index (χ0v) is 17.0. The maximum absolute atomic E-state index is 12.8. The van der Waals surface area contributed by atoms with Crippen molar-refractivity contribution in [3.8, 4) is 0 Å². The molecule has 1 unspecified atom stereocenters. The van der Waals surface area contributed by atoms with Gasteiger partial charge < -0.3 is 16.0 Å². The van der Waals surface area contributed by atoms with Crippen LogP contribution in [-0.2, 0) is 0 Å². The van der Waals surface area contributed by atoms with Crippen molar-refractivity contribution in [2.75, 3.05) is 30.3 Å². The van der Waals surface area contributed by atoms with Crippen molar-refractivity contribution >= 4 is 40.6 Å². The molecule has 4 rings (SSSR count). The first-order valence-corrected chi connectivity index (χ1v) is 9.94. The van der Waals surface area contributed by atoms with Crippen molar-refractivity contribution in [2.45, 2.75) is 6.04 Å². The molecule has 1 aromatic carbocycles. The molecule has 3 aromatic rings. The van der Waals surface area contributed by atoms with Crippen LogP contribution in [-0.4, -0.2) is 35.4 Å². The molecule has 0 aliphatic carbocycles. The van der Waals surface area contributed by atoms with Gasteiger partial charge in [-0.1, -0.05) is 35.3 Å². The van der Waals surface area contributed by atoms with Gasteiger partial charge in [0.1, 0.15) is 17.3 Å². The molecule has 6 nitrogen and oxygen atoms in total. The maximum atomic E-state index is 12.8. The molecule has 1 aliphatic heterocycles. The van der Waals surface area contributed by atoms with Crippen molar-refractivity contribution in [1.29, 1.82) is 0 Å². The summed E-state index contributed by atoms with van der Waals surface area (Å²) >= 11 is 12.2. The van der Waals surface area contributed by atoms with Gasteiger partial charge in [0, 0.05) is 36.2 Å². The smallest absolute Gasteiger partial charge is 0.215 e. The second kappa shape index (κ2) is 8.37. The number of ketones is 1. The summed E-state index contributed by atoms with van der Waals surface area (Å²) in [6, 6.07) is 14.5. The first-order valence-electron chi connectivity index (χ1n) is 9.18. The van der Waals surface area contributed by atoms with Crippen molar-refractivity contribution in [1.82, 2.24) is 15.3 Å². The second-order valence-electron chi connectivity index (χ2n) is 6.77. The number of rotatable bonds is 4. The van der Waals surface area contributed by atoms with Gasteiger partial charge in [-0.25, -0.2) is 9.97 Å². The van der Waals surface area contributed by atoms with Gasteiger partial charge in [0.05, 0.1) is 15.6 Å². The van der Waals surface area contributed by atoms with E-state index in [1.165, 1.54) is 0 Å². The summed E-state index contributed by atoms with van der Waals surface area (Å²) in [7, 11) is 0. The minimum Gasteiger partial charge on any atom is -0.383 e. The van der Waals surface area contributed by atoms with E-state index in [0.29, 0.717) is 27.8 Å². The normalized spacial score (nSPS) is 16.6. The Kier molecular flexibility index (Phi) is 5.67. The predicted molar refractivity (Wildman–Crippen MR) is 122 cm³/mol. The molecule has 1 fully saturated rings. The van der Waals surface area contributed by atoms with Gasteiger partial charge in [0.15, 0.2) is 0 Å². The van der Waals surface area contributed by atoms with Crippen LogP contribution in [0.1, 0.15) is 31.9 Å². The van der Waals surface area contributed by atoms with E-state index in [9.17, 15) is 4.79 Å². The number of nitrogen functional groups attached to an aromatic ring is 1. The number of carbonyl (C=O) groups is 1. The third-order valence-electron chi connectivity index (χ3n) is 4.90. The number of piperazine rings is 1. The summed E-state index contributed by atoms with van der Waals surface area (Å²) in [5, 5.41) is 4.55. The van der Waals surface area contributed by atoms with Gasteiger partial charge in [-0.15, -0.1) is 0 Å². The number of benzene rings is 1. The summed E-state index contributed by atoms with van der Waals surface area (Å²) in [6.45, 7) is 2.25. The lowest BCUT2D eigenvalue weighted by Crippen LogP contribution is -2.46. The topological polar surface area (TPSA) is 84.1 Å². The quantitative estimate of drug-likeness (QED) is 0.589. The number of hydrogen-bond acceptors (Lipinski definition) is 6. The fourth-order valence-electron chi connectivity index (χ4n) is 3.38. The number of carbonyl (C=O) groups excluding carboxylic acids is 1. The zero-order chi connectivity index (χ0) is 20.4. The molecule has 0 spiro atoms. The van der Waals surface area contributed by atoms with E-state index >= 15 is 0 Å². The van der Waals surface area contributed by atoms with Crippen LogP contribution in [0.2, 0.25) is 10.0 Å². The third-order valence-corrected chi connectivity index (χ3v) is 5.63. The van der Waals surface area contributed by atoms with E-state index in [1.807, 2.05) is 24.3 Å². The number of hydrogen-bond donors (Lipinski definition) is 2. The summed E-state index contributed by atoms with van der Waals surface area (Å²) in [6.07, 6.45) is 1.56. The Morgan fingerprint density at radius 2 is 2.03 bits per heavy atom. The first kappa shape index (κ1) is 19.6. The van der Waals surface area contributed by atoms with Crippen LogP contribution in [0.15, 0.2) is 54.7 Å². The molecular weight excluding hydrogens is 409 g/mol. The van der Waals surface area contributed by atoms with Crippen LogP contribution in [0.5, 0.6) is 0 Å². The van der Waals surface area contributed by atoms with Gasteiger partial charge >= 0.3 is 0 Å². The summed E-state index contributed by atoms with van der Waals surface area (Å²) in [4.78, 5) is 23.5. The Balaban J connectivity index is 0.00000171. The minimum absolute atomic E-state index is 0. The average molecular weight is 434 g/mol. The van der Waals surface area contributed by atoms with Crippen molar-refractivity contribution < 1.29 is 9.07 Å². The third kappa shape index (κ3) is 4.19. The molecule has 1 aliphatic rings. The van der Waals surface area contributed by atoms with Gasteiger partial charge in [-0.2, -0.15) is 0 Å². The van der Waals surface area contributed by atoms with Gasteiger partial charge in [0.25, 0.3) is 0 Å². The van der Waals surface area contributed by atoms with E-state index in [2.05, 4.69) is 20.2 Å². The average Bonchev–Trinajstić information content (AvgIpc) is 2.76. The Bertz CT molecular complexity index is 1070. The Labute approximate surface area is 183 Å². The maximum Gasteiger partial charge on any atom is 0.215 e. The van der Waals surface area contributed by atoms with Gasteiger partial charge in [-0.05, 0) is 42.0 Å². The van der Waals surface area contributed by atoms with Crippen LogP contribution in [0, 0.1) is 0 Å². The van der Waals surface area contributed by atoms with Crippen molar-refractivity contribution in [2.24, 2.45) is 0 Å². The molecule has 154 valence electrons. The number of halogens is 2. The van der Waals surface area contributed by atoms with Crippen LogP contribution in [0.4, 0.5) is 11.6 Å². The number of nitrogens with one attached hydrogen (secondary N) is 1. The molecule has 0 bridgehead atoms. The highest BCUT2D eigenvalue weighted by molar-refractivity contribution is 6.42. The molecule has 0 saturated carbocycles.